The van der Waals surface area contributed by atoms with Crippen LogP contribution in [0.15, 0.2) is 41.3 Å². The molecule has 1 aromatic heterocycles. The lowest BCUT2D eigenvalue weighted by Crippen LogP contribution is -2.43. The highest BCUT2D eigenvalue weighted by molar-refractivity contribution is 7.98. The number of carbonyl (C=O) groups is 1. The molecular formula is C23H28ClN3O2S2. The van der Waals surface area contributed by atoms with E-state index in [1.165, 1.54) is 4.90 Å². The normalized spacial score (nSPS) is 14.4. The number of thiazole rings is 1. The monoisotopic (exact) mass is 477 g/mol. The van der Waals surface area contributed by atoms with E-state index in [1.807, 2.05) is 36.9 Å². The van der Waals surface area contributed by atoms with E-state index < -0.39 is 0 Å². The van der Waals surface area contributed by atoms with Crippen LogP contribution in [-0.4, -0.2) is 61.4 Å². The van der Waals surface area contributed by atoms with Crippen LogP contribution in [0.1, 0.15) is 21.5 Å². The number of nitrogens with zero attached hydrogens (tertiary/aromatic N) is 3. The SMILES string of the molecule is CSc1ccc2nc(N(CCN3CCOCC3)C(=O)c3cc(C)cc(C)c3)sc2c1.Cl. The van der Waals surface area contributed by atoms with Crippen molar-refractivity contribution in [1.82, 2.24) is 9.88 Å². The fourth-order valence-electron chi connectivity index (χ4n) is 3.74. The average Bonchev–Trinajstić information content (AvgIpc) is 3.16. The van der Waals surface area contributed by atoms with Crippen LogP contribution in [0, 0.1) is 13.8 Å². The first-order valence-electron chi connectivity index (χ1n) is 10.2. The number of thioether (sulfide) groups is 1. The van der Waals surface area contributed by atoms with Gasteiger partial charge >= 0.3 is 0 Å². The van der Waals surface area contributed by atoms with Crippen molar-refractivity contribution >= 4 is 56.8 Å². The van der Waals surface area contributed by atoms with Gasteiger partial charge in [0.2, 0.25) is 0 Å². The third-order valence-corrected chi connectivity index (χ3v) is 7.04. The summed E-state index contributed by atoms with van der Waals surface area (Å²) in [5, 5.41) is 0.765. The molecule has 3 aromatic rings. The average molecular weight is 478 g/mol. The van der Waals surface area contributed by atoms with Crippen molar-refractivity contribution in [1.29, 1.82) is 0 Å². The Morgan fingerprint density at radius 3 is 2.55 bits per heavy atom. The summed E-state index contributed by atoms with van der Waals surface area (Å²) in [6.45, 7) is 8.80. The molecule has 1 saturated heterocycles. The van der Waals surface area contributed by atoms with Crippen molar-refractivity contribution in [2.75, 3.05) is 50.5 Å². The molecule has 1 fully saturated rings. The molecule has 1 amide bonds. The second kappa shape index (κ2) is 10.8. The first-order valence-corrected chi connectivity index (χ1v) is 12.2. The van der Waals surface area contributed by atoms with Gasteiger partial charge in [-0.05, 0) is 50.4 Å². The van der Waals surface area contributed by atoms with Gasteiger partial charge < -0.3 is 4.74 Å². The minimum absolute atomic E-state index is 0. The number of aromatic nitrogens is 1. The van der Waals surface area contributed by atoms with Crippen LogP contribution in [0.3, 0.4) is 0 Å². The molecule has 1 aliphatic heterocycles. The molecule has 8 heteroatoms. The molecule has 0 saturated carbocycles. The smallest absolute Gasteiger partial charge is 0.260 e. The quantitative estimate of drug-likeness (QED) is 0.465. The molecule has 0 unspecified atom stereocenters. The minimum atomic E-state index is 0. The summed E-state index contributed by atoms with van der Waals surface area (Å²) in [4.78, 5) is 23.8. The Balaban J connectivity index is 0.00000272. The predicted molar refractivity (Wildman–Crippen MR) is 134 cm³/mol. The number of hydrogen-bond acceptors (Lipinski definition) is 6. The van der Waals surface area contributed by atoms with E-state index in [9.17, 15) is 4.79 Å². The highest BCUT2D eigenvalue weighted by atomic mass is 35.5. The van der Waals surface area contributed by atoms with Crippen molar-refractivity contribution in [3.05, 3.63) is 53.1 Å². The zero-order chi connectivity index (χ0) is 21.1. The van der Waals surface area contributed by atoms with Gasteiger partial charge in [-0.2, -0.15) is 0 Å². The molecule has 0 radical (unpaired) electrons. The summed E-state index contributed by atoms with van der Waals surface area (Å²) in [6.07, 6.45) is 2.07. The Bertz CT molecular complexity index is 1030. The number of ether oxygens (including phenoxy) is 1. The largest absolute Gasteiger partial charge is 0.379 e. The van der Waals surface area contributed by atoms with E-state index in [4.69, 9.17) is 9.72 Å². The minimum Gasteiger partial charge on any atom is -0.379 e. The number of fused-ring (bicyclic) bond motifs is 1. The third-order valence-electron chi connectivity index (χ3n) is 5.27. The topological polar surface area (TPSA) is 45.7 Å². The fraction of sp³-hybridized carbons (Fsp3) is 0.391. The zero-order valence-corrected chi connectivity index (χ0v) is 20.5. The first-order chi connectivity index (χ1) is 14.5. The molecule has 0 bridgehead atoms. The van der Waals surface area contributed by atoms with Crippen LogP contribution in [0.2, 0.25) is 0 Å². The highest BCUT2D eigenvalue weighted by Crippen LogP contribution is 2.32. The third kappa shape index (κ3) is 5.79. The molecule has 5 nitrogen and oxygen atoms in total. The number of hydrogen-bond donors (Lipinski definition) is 0. The fourth-order valence-corrected chi connectivity index (χ4v) is 5.28. The van der Waals surface area contributed by atoms with Gasteiger partial charge in [-0.1, -0.05) is 28.5 Å². The van der Waals surface area contributed by atoms with Crippen LogP contribution in [0.25, 0.3) is 10.2 Å². The van der Waals surface area contributed by atoms with Gasteiger partial charge in [-0.25, -0.2) is 4.98 Å². The number of amides is 1. The molecule has 4 rings (SSSR count). The second-order valence-corrected chi connectivity index (χ2v) is 9.51. The van der Waals surface area contributed by atoms with Crippen LogP contribution >= 0.6 is 35.5 Å². The lowest BCUT2D eigenvalue weighted by atomic mass is 10.1. The van der Waals surface area contributed by atoms with Gasteiger partial charge in [0, 0.05) is 36.6 Å². The zero-order valence-electron chi connectivity index (χ0n) is 18.1. The summed E-state index contributed by atoms with van der Waals surface area (Å²) >= 11 is 3.31. The molecule has 0 aliphatic carbocycles. The summed E-state index contributed by atoms with van der Waals surface area (Å²) in [5.41, 5.74) is 3.86. The second-order valence-electron chi connectivity index (χ2n) is 7.62. The van der Waals surface area contributed by atoms with Crippen molar-refractivity contribution < 1.29 is 9.53 Å². The van der Waals surface area contributed by atoms with E-state index in [0.717, 1.165) is 64.9 Å². The Morgan fingerprint density at radius 1 is 1.16 bits per heavy atom. The number of rotatable bonds is 6. The van der Waals surface area contributed by atoms with Crippen molar-refractivity contribution in [2.45, 2.75) is 18.7 Å². The number of morpholine rings is 1. The Labute approximate surface area is 198 Å². The standard InChI is InChI=1S/C23H27N3O2S2.ClH/c1-16-12-17(2)14-18(13-16)22(27)26(7-6-25-8-10-28-11-9-25)23-24-20-5-4-19(29-3)15-21(20)30-23;/h4-5,12-15H,6-11H2,1-3H3;1H. The lowest BCUT2D eigenvalue weighted by Gasteiger charge is -2.29. The van der Waals surface area contributed by atoms with E-state index in [2.05, 4.69) is 29.4 Å². The number of halogens is 1. The van der Waals surface area contributed by atoms with Gasteiger partial charge in [-0.15, -0.1) is 24.2 Å². The number of benzene rings is 2. The van der Waals surface area contributed by atoms with Crippen molar-refractivity contribution in [3.8, 4) is 0 Å². The molecule has 0 N–H and O–H groups in total. The van der Waals surface area contributed by atoms with Crippen molar-refractivity contribution in [2.24, 2.45) is 0 Å². The molecule has 0 atom stereocenters. The van der Waals surface area contributed by atoms with Crippen LogP contribution in [0.5, 0.6) is 0 Å². The Hall–Kier alpha value is -1.64. The molecule has 2 heterocycles. The van der Waals surface area contributed by atoms with E-state index >= 15 is 0 Å². The van der Waals surface area contributed by atoms with Crippen LogP contribution < -0.4 is 4.90 Å². The highest BCUT2D eigenvalue weighted by Gasteiger charge is 2.23. The number of carbonyl (C=O) groups excluding carboxylic acids is 1. The maximum absolute atomic E-state index is 13.6. The van der Waals surface area contributed by atoms with Gasteiger partial charge in [0.25, 0.3) is 5.91 Å². The Kier molecular flexibility index (Phi) is 8.36. The Morgan fingerprint density at radius 2 is 1.87 bits per heavy atom. The van der Waals surface area contributed by atoms with E-state index in [0.29, 0.717) is 6.54 Å². The summed E-state index contributed by atoms with van der Waals surface area (Å²) in [7, 11) is 0. The van der Waals surface area contributed by atoms with Gasteiger partial charge in [-0.3, -0.25) is 14.6 Å². The molecule has 0 spiro atoms. The van der Waals surface area contributed by atoms with Gasteiger partial charge in [0.1, 0.15) is 0 Å². The van der Waals surface area contributed by atoms with E-state index in [1.54, 1.807) is 23.1 Å². The molecule has 31 heavy (non-hydrogen) atoms. The van der Waals surface area contributed by atoms with Gasteiger partial charge in [0.05, 0.1) is 23.4 Å². The maximum Gasteiger partial charge on any atom is 0.260 e. The summed E-state index contributed by atoms with van der Waals surface area (Å²) in [6, 6.07) is 12.3. The number of aryl methyl sites for hydroxylation is 2. The number of anilines is 1. The molecule has 166 valence electrons. The first kappa shape index (κ1) is 24.0. The summed E-state index contributed by atoms with van der Waals surface area (Å²) in [5.74, 6) is 0.0132. The predicted octanol–water partition coefficient (Wildman–Crippen LogP) is 5.04. The lowest BCUT2D eigenvalue weighted by molar-refractivity contribution is 0.0391. The van der Waals surface area contributed by atoms with Crippen molar-refractivity contribution in [3.63, 3.8) is 0 Å². The van der Waals surface area contributed by atoms with Gasteiger partial charge in [0.15, 0.2) is 5.13 Å². The summed E-state index contributed by atoms with van der Waals surface area (Å²) < 4.78 is 6.57. The molecular weight excluding hydrogens is 450 g/mol. The molecule has 1 aliphatic rings. The maximum atomic E-state index is 13.6. The molecule has 2 aromatic carbocycles. The van der Waals surface area contributed by atoms with Crippen LogP contribution in [-0.2, 0) is 4.74 Å². The van der Waals surface area contributed by atoms with Crippen LogP contribution in [0.4, 0.5) is 5.13 Å². The van der Waals surface area contributed by atoms with E-state index in [-0.39, 0.29) is 18.3 Å².